The van der Waals surface area contributed by atoms with Crippen LogP contribution >= 0.6 is 22.9 Å². The molecule has 5 heteroatoms. The third-order valence-electron chi connectivity index (χ3n) is 4.32. The van der Waals surface area contributed by atoms with Crippen LogP contribution in [-0.4, -0.2) is 18.4 Å². The molecule has 0 unspecified atom stereocenters. The predicted molar refractivity (Wildman–Crippen MR) is 107 cm³/mol. The number of fused-ring (bicyclic) bond motifs is 1. The topological polar surface area (TPSA) is 43.4 Å². The van der Waals surface area contributed by atoms with E-state index in [1.807, 2.05) is 56.3 Å². The number of carbonyl (C=O) groups is 2. The van der Waals surface area contributed by atoms with E-state index in [1.54, 1.807) is 0 Å². The van der Waals surface area contributed by atoms with Crippen LogP contribution in [-0.2, 0) is 17.6 Å². The first-order valence-corrected chi connectivity index (χ1v) is 9.73. The largest absolute Gasteiger partial charge is 0.453 e. The fraction of sp³-hybridized carbons (Fsp3) is 0.238. The Morgan fingerprint density at radius 1 is 1.08 bits per heavy atom. The number of halogens is 1. The number of benzene rings is 2. The molecule has 0 fully saturated rings. The average molecular weight is 387 g/mol. The van der Waals surface area contributed by atoms with Crippen LogP contribution in [0.15, 0.2) is 42.5 Å². The first kappa shape index (κ1) is 18.6. The van der Waals surface area contributed by atoms with Crippen LogP contribution < -0.4 is 0 Å². The average Bonchev–Trinajstić information content (AvgIpc) is 3.02. The quantitative estimate of drug-likeness (QED) is 0.402. The number of thiophene rings is 1. The number of hydrogen-bond donors (Lipinski definition) is 0. The summed E-state index contributed by atoms with van der Waals surface area (Å²) in [6.07, 6.45) is 1.60. The van der Waals surface area contributed by atoms with Crippen LogP contribution in [0, 0.1) is 0 Å². The fourth-order valence-corrected chi connectivity index (χ4v) is 4.23. The minimum atomic E-state index is -0.561. The Balaban J connectivity index is 1.77. The first-order chi connectivity index (χ1) is 12.5. The molecule has 0 N–H and O–H groups in total. The molecule has 0 aliphatic carbocycles. The van der Waals surface area contributed by atoms with E-state index in [1.165, 1.54) is 11.3 Å². The minimum absolute atomic E-state index is 0.192. The fourth-order valence-electron chi connectivity index (χ4n) is 2.83. The summed E-state index contributed by atoms with van der Waals surface area (Å²) in [4.78, 5) is 25.3. The zero-order valence-electron chi connectivity index (χ0n) is 14.7. The Kier molecular flexibility index (Phi) is 5.74. The van der Waals surface area contributed by atoms with Gasteiger partial charge in [-0.2, -0.15) is 0 Å². The van der Waals surface area contributed by atoms with Gasteiger partial charge in [0.25, 0.3) is 0 Å². The van der Waals surface area contributed by atoms with Gasteiger partial charge in [-0.3, -0.25) is 4.79 Å². The van der Waals surface area contributed by atoms with E-state index < -0.39 is 5.97 Å². The van der Waals surface area contributed by atoms with Gasteiger partial charge in [0.05, 0.1) is 5.02 Å². The molecule has 26 heavy (non-hydrogen) atoms. The summed E-state index contributed by atoms with van der Waals surface area (Å²) in [6, 6.07) is 13.4. The predicted octanol–water partition coefficient (Wildman–Crippen LogP) is 5.72. The molecule has 0 radical (unpaired) electrons. The zero-order valence-corrected chi connectivity index (χ0v) is 16.2. The van der Waals surface area contributed by atoms with Crippen LogP contribution in [0.5, 0.6) is 0 Å². The van der Waals surface area contributed by atoms with Gasteiger partial charge in [0.1, 0.15) is 4.88 Å². The summed E-state index contributed by atoms with van der Waals surface area (Å²) in [6.45, 7) is 3.75. The van der Waals surface area contributed by atoms with Gasteiger partial charge in [0.2, 0.25) is 5.78 Å². The lowest BCUT2D eigenvalue weighted by Gasteiger charge is -2.09. The van der Waals surface area contributed by atoms with Crippen LogP contribution in [0.4, 0.5) is 0 Å². The van der Waals surface area contributed by atoms with Crippen molar-refractivity contribution in [3.05, 3.63) is 69.1 Å². The standard InChI is InChI=1S/C21H19ClO3S/c1-3-13-9-10-14(4-2)16(11-13)17(23)12-25-21(24)20-19(22)15-7-5-6-8-18(15)26-20/h5-11H,3-4,12H2,1-2H3. The number of Topliss-reactive ketones (excluding diaryl/α,β-unsaturated/α-hetero) is 1. The van der Waals surface area contributed by atoms with Gasteiger partial charge in [-0.25, -0.2) is 4.79 Å². The summed E-state index contributed by atoms with van der Waals surface area (Å²) in [5.41, 5.74) is 2.68. The number of carbonyl (C=O) groups excluding carboxylic acids is 2. The van der Waals surface area contributed by atoms with Crippen LogP contribution in [0.2, 0.25) is 5.02 Å². The molecule has 1 aromatic heterocycles. The molecule has 0 aliphatic rings. The Bertz CT molecular complexity index is 975. The van der Waals surface area contributed by atoms with Crippen molar-refractivity contribution in [3.63, 3.8) is 0 Å². The summed E-state index contributed by atoms with van der Waals surface area (Å²) in [7, 11) is 0. The lowest BCUT2D eigenvalue weighted by molar-refractivity contribution is 0.0479. The third kappa shape index (κ3) is 3.67. The van der Waals surface area contributed by atoms with Gasteiger partial charge in [-0.05, 0) is 36.1 Å². The lowest BCUT2D eigenvalue weighted by Crippen LogP contribution is -2.15. The highest BCUT2D eigenvalue weighted by Crippen LogP contribution is 2.35. The molecule has 0 amide bonds. The van der Waals surface area contributed by atoms with Gasteiger partial charge >= 0.3 is 5.97 Å². The van der Waals surface area contributed by atoms with E-state index in [0.29, 0.717) is 15.5 Å². The van der Waals surface area contributed by atoms with Gasteiger partial charge in [-0.1, -0.05) is 55.8 Å². The highest BCUT2D eigenvalue weighted by molar-refractivity contribution is 7.21. The summed E-state index contributed by atoms with van der Waals surface area (Å²) in [5, 5.41) is 1.20. The molecule has 0 saturated heterocycles. The van der Waals surface area contributed by atoms with Crippen molar-refractivity contribution in [1.29, 1.82) is 0 Å². The molecular formula is C21H19ClO3S. The molecular weight excluding hydrogens is 368 g/mol. The van der Waals surface area contributed by atoms with Gasteiger partial charge in [0, 0.05) is 15.6 Å². The number of hydrogen-bond acceptors (Lipinski definition) is 4. The maximum absolute atomic E-state index is 12.6. The van der Waals surface area contributed by atoms with E-state index in [0.717, 1.165) is 34.1 Å². The van der Waals surface area contributed by atoms with E-state index in [-0.39, 0.29) is 12.4 Å². The van der Waals surface area contributed by atoms with Crippen molar-refractivity contribution in [1.82, 2.24) is 0 Å². The van der Waals surface area contributed by atoms with E-state index >= 15 is 0 Å². The maximum atomic E-state index is 12.6. The molecule has 0 aliphatic heterocycles. The molecule has 0 atom stereocenters. The molecule has 3 aromatic rings. The molecule has 0 spiro atoms. The smallest absolute Gasteiger partial charge is 0.350 e. The second-order valence-electron chi connectivity index (χ2n) is 5.94. The first-order valence-electron chi connectivity index (χ1n) is 8.54. The number of rotatable bonds is 6. The highest BCUT2D eigenvalue weighted by atomic mass is 35.5. The summed E-state index contributed by atoms with van der Waals surface area (Å²) in [5.74, 6) is -0.753. The van der Waals surface area contributed by atoms with Gasteiger partial charge in [-0.15, -0.1) is 11.3 Å². The Labute approximate surface area is 161 Å². The molecule has 2 aromatic carbocycles. The van der Waals surface area contributed by atoms with Crippen LogP contribution in [0.3, 0.4) is 0 Å². The van der Waals surface area contributed by atoms with Crippen molar-refractivity contribution >= 4 is 44.8 Å². The summed E-state index contributed by atoms with van der Waals surface area (Å²) < 4.78 is 6.18. The second-order valence-corrected chi connectivity index (χ2v) is 7.37. The zero-order chi connectivity index (χ0) is 18.7. The third-order valence-corrected chi connectivity index (χ3v) is 5.97. The van der Waals surface area contributed by atoms with Gasteiger partial charge in [0.15, 0.2) is 6.61 Å². The van der Waals surface area contributed by atoms with Crippen LogP contribution in [0.1, 0.15) is 45.0 Å². The number of aryl methyl sites for hydroxylation is 2. The number of ketones is 1. The minimum Gasteiger partial charge on any atom is -0.453 e. The normalized spacial score (nSPS) is 10.9. The Morgan fingerprint density at radius 2 is 1.85 bits per heavy atom. The van der Waals surface area contributed by atoms with E-state index in [9.17, 15) is 9.59 Å². The van der Waals surface area contributed by atoms with Crippen LogP contribution in [0.25, 0.3) is 10.1 Å². The SMILES string of the molecule is CCc1ccc(CC)c(C(=O)COC(=O)c2sc3ccccc3c2Cl)c1. The maximum Gasteiger partial charge on any atom is 0.350 e. The van der Waals surface area contributed by atoms with E-state index in [4.69, 9.17) is 16.3 Å². The molecule has 0 saturated carbocycles. The lowest BCUT2D eigenvalue weighted by atomic mass is 9.98. The van der Waals surface area contributed by atoms with E-state index in [2.05, 4.69) is 0 Å². The molecule has 3 nitrogen and oxygen atoms in total. The molecule has 1 heterocycles. The molecule has 134 valence electrons. The molecule has 3 rings (SSSR count). The second kappa shape index (κ2) is 8.02. The van der Waals surface area contributed by atoms with Crippen molar-refractivity contribution in [2.75, 3.05) is 6.61 Å². The van der Waals surface area contributed by atoms with Gasteiger partial charge < -0.3 is 4.74 Å². The highest BCUT2D eigenvalue weighted by Gasteiger charge is 2.20. The Morgan fingerprint density at radius 3 is 2.54 bits per heavy atom. The van der Waals surface area contributed by atoms with Crippen molar-refractivity contribution < 1.29 is 14.3 Å². The number of ether oxygens (including phenoxy) is 1. The number of esters is 1. The summed E-state index contributed by atoms with van der Waals surface area (Å²) >= 11 is 7.57. The monoisotopic (exact) mass is 386 g/mol. The van der Waals surface area contributed by atoms with Crippen molar-refractivity contribution in [3.8, 4) is 0 Å². The Hall–Kier alpha value is -2.17. The molecule has 0 bridgehead atoms. The van der Waals surface area contributed by atoms with Crippen molar-refractivity contribution in [2.45, 2.75) is 26.7 Å². The van der Waals surface area contributed by atoms with Crippen molar-refractivity contribution in [2.24, 2.45) is 0 Å².